The van der Waals surface area contributed by atoms with Gasteiger partial charge in [-0.1, -0.05) is 17.8 Å². The van der Waals surface area contributed by atoms with E-state index in [1.807, 2.05) is 17.5 Å². The molecule has 0 amide bonds. The molecule has 0 radical (unpaired) electrons. The summed E-state index contributed by atoms with van der Waals surface area (Å²) in [4.78, 5) is 0.901. The Morgan fingerprint density at radius 2 is 1.71 bits per heavy atom. The third kappa shape index (κ3) is 1.97. The summed E-state index contributed by atoms with van der Waals surface area (Å²) in [5, 5.41) is 36.1. The summed E-state index contributed by atoms with van der Waals surface area (Å²) >= 11 is 2.40. The van der Waals surface area contributed by atoms with Gasteiger partial charge in [-0.15, -0.1) is 11.3 Å². The Bertz CT molecular complexity index is 503. The third-order valence-corrected chi connectivity index (χ3v) is 4.57. The zero-order chi connectivity index (χ0) is 12.4. The van der Waals surface area contributed by atoms with Gasteiger partial charge in [-0.3, -0.25) is 10.8 Å². The molecule has 2 N–H and O–H groups in total. The molecular weight excluding hydrogens is 252 g/mol. The van der Waals surface area contributed by atoms with Crippen LogP contribution in [0.15, 0.2) is 17.5 Å². The number of nitriles is 2. The Labute approximate surface area is 107 Å². The van der Waals surface area contributed by atoms with Crippen molar-refractivity contribution in [1.29, 1.82) is 21.3 Å². The third-order valence-electron chi connectivity index (χ3n) is 2.65. The van der Waals surface area contributed by atoms with Crippen molar-refractivity contribution in [3.63, 3.8) is 0 Å². The smallest absolute Gasteiger partial charge is 0.104 e. The lowest BCUT2D eigenvalue weighted by Crippen LogP contribution is -2.33. The number of hydrogen-bond donors (Lipinski definition) is 2. The highest BCUT2D eigenvalue weighted by molar-refractivity contribution is 8.26. The normalized spacial score (nSPS) is 28.5. The highest BCUT2D eigenvalue weighted by Gasteiger charge is 2.42. The van der Waals surface area contributed by atoms with E-state index in [1.165, 1.54) is 11.3 Å². The molecule has 1 saturated heterocycles. The molecule has 2 unspecified atom stereocenters. The van der Waals surface area contributed by atoms with Gasteiger partial charge in [0.2, 0.25) is 0 Å². The molecule has 0 aromatic carbocycles. The summed E-state index contributed by atoms with van der Waals surface area (Å²) in [5.41, 5.74) is 0. The summed E-state index contributed by atoms with van der Waals surface area (Å²) in [7, 11) is 0. The minimum atomic E-state index is -0.614. The maximum absolute atomic E-state index is 9.15. The van der Waals surface area contributed by atoms with Gasteiger partial charge in [0, 0.05) is 10.8 Å². The molecule has 17 heavy (non-hydrogen) atoms. The van der Waals surface area contributed by atoms with Gasteiger partial charge < -0.3 is 0 Å². The second-order valence-corrected chi connectivity index (χ2v) is 5.65. The molecule has 0 spiro atoms. The van der Waals surface area contributed by atoms with E-state index in [4.69, 9.17) is 21.3 Å². The van der Waals surface area contributed by atoms with Crippen LogP contribution in [-0.4, -0.2) is 10.1 Å². The summed E-state index contributed by atoms with van der Waals surface area (Å²) in [6.07, 6.45) is 0. The second-order valence-electron chi connectivity index (χ2n) is 3.59. The molecule has 0 aliphatic carbocycles. The number of nitrogens with zero attached hydrogens (tertiary/aromatic N) is 2. The van der Waals surface area contributed by atoms with Crippen molar-refractivity contribution in [2.24, 2.45) is 11.8 Å². The molecule has 2 atom stereocenters. The molecule has 1 aliphatic heterocycles. The number of nitrogens with one attached hydrogen (secondary N) is 2. The molecule has 1 aliphatic rings. The van der Waals surface area contributed by atoms with Crippen molar-refractivity contribution in [2.75, 3.05) is 0 Å². The van der Waals surface area contributed by atoms with Gasteiger partial charge in [0.15, 0.2) is 0 Å². The molecule has 84 valence electrons. The lowest BCUT2D eigenvalue weighted by Gasteiger charge is -2.30. The lowest BCUT2D eigenvalue weighted by atomic mass is 9.82. The summed E-state index contributed by atoms with van der Waals surface area (Å²) in [6, 6.07) is 7.90. The SMILES string of the molecule is N#CC1C(=N)SC(=N)C(C#N)C1c1cccs1. The van der Waals surface area contributed by atoms with E-state index in [2.05, 4.69) is 12.1 Å². The lowest BCUT2D eigenvalue weighted by molar-refractivity contribution is 0.586. The molecule has 2 heterocycles. The van der Waals surface area contributed by atoms with Crippen molar-refractivity contribution in [1.82, 2.24) is 0 Å². The minimum absolute atomic E-state index is 0.169. The predicted molar refractivity (Wildman–Crippen MR) is 68.3 cm³/mol. The first-order valence-corrected chi connectivity index (χ1v) is 6.56. The van der Waals surface area contributed by atoms with Gasteiger partial charge in [0.1, 0.15) is 11.8 Å². The fourth-order valence-electron chi connectivity index (χ4n) is 1.85. The fourth-order valence-corrected chi connectivity index (χ4v) is 3.64. The van der Waals surface area contributed by atoms with E-state index in [1.54, 1.807) is 0 Å². The van der Waals surface area contributed by atoms with Crippen LogP contribution in [0.4, 0.5) is 0 Å². The predicted octanol–water partition coefficient (Wildman–Crippen LogP) is 2.81. The summed E-state index contributed by atoms with van der Waals surface area (Å²) in [5.74, 6) is -1.60. The van der Waals surface area contributed by atoms with E-state index in [0.717, 1.165) is 16.6 Å². The molecule has 4 nitrogen and oxygen atoms in total. The molecule has 2 rings (SSSR count). The zero-order valence-corrected chi connectivity index (χ0v) is 10.3. The van der Waals surface area contributed by atoms with Gasteiger partial charge in [0.05, 0.1) is 22.2 Å². The number of thioether (sulfide) groups is 1. The Morgan fingerprint density at radius 1 is 1.12 bits per heavy atom. The molecular formula is C11H8N4S2. The Balaban J connectivity index is 2.48. The van der Waals surface area contributed by atoms with E-state index >= 15 is 0 Å². The van der Waals surface area contributed by atoms with Crippen LogP contribution < -0.4 is 0 Å². The van der Waals surface area contributed by atoms with Crippen LogP contribution in [0.1, 0.15) is 10.8 Å². The quantitative estimate of drug-likeness (QED) is 0.812. The first-order chi connectivity index (χ1) is 8.19. The monoisotopic (exact) mass is 260 g/mol. The highest BCUT2D eigenvalue weighted by atomic mass is 32.2. The van der Waals surface area contributed by atoms with Crippen molar-refractivity contribution < 1.29 is 0 Å². The first-order valence-electron chi connectivity index (χ1n) is 4.86. The zero-order valence-electron chi connectivity index (χ0n) is 8.68. The minimum Gasteiger partial charge on any atom is -0.297 e. The standard InChI is InChI=1S/C11H8N4S2/c12-4-6-9(8-2-1-3-16-8)7(5-13)11(15)17-10(6)14/h1-3,6-7,9,14-15H. The summed E-state index contributed by atoms with van der Waals surface area (Å²) in [6.45, 7) is 0. The first kappa shape index (κ1) is 11.8. The van der Waals surface area contributed by atoms with Gasteiger partial charge in [-0.25, -0.2) is 0 Å². The van der Waals surface area contributed by atoms with Crippen LogP contribution in [0.2, 0.25) is 0 Å². The Kier molecular flexibility index (Phi) is 3.28. The molecule has 1 aromatic rings. The van der Waals surface area contributed by atoms with Crippen LogP contribution in [-0.2, 0) is 0 Å². The highest BCUT2D eigenvalue weighted by Crippen LogP contribution is 2.43. The van der Waals surface area contributed by atoms with E-state index in [-0.39, 0.29) is 16.0 Å². The van der Waals surface area contributed by atoms with Crippen LogP contribution in [0, 0.1) is 45.3 Å². The Hall–Kier alpha value is -1.63. The molecule has 0 bridgehead atoms. The van der Waals surface area contributed by atoms with Crippen LogP contribution in [0.3, 0.4) is 0 Å². The fraction of sp³-hybridized carbons (Fsp3) is 0.273. The molecule has 6 heteroatoms. The maximum Gasteiger partial charge on any atom is 0.104 e. The van der Waals surface area contributed by atoms with Crippen molar-refractivity contribution in [3.05, 3.63) is 22.4 Å². The van der Waals surface area contributed by atoms with E-state index in [0.29, 0.717) is 0 Å². The van der Waals surface area contributed by atoms with Crippen LogP contribution >= 0.6 is 23.1 Å². The Morgan fingerprint density at radius 3 is 2.12 bits per heavy atom. The average molecular weight is 260 g/mol. The molecule has 1 fully saturated rings. The topological polar surface area (TPSA) is 95.3 Å². The number of thiophene rings is 1. The van der Waals surface area contributed by atoms with Crippen LogP contribution in [0.5, 0.6) is 0 Å². The number of rotatable bonds is 1. The molecule has 0 saturated carbocycles. The van der Waals surface area contributed by atoms with Crippen molar-refractivity contribution in [3.8, 4) is 12.1 Å². The average Bonchev–Trinajstić information content (AvgIpc) is 2.81. The van der Waals surface area contributed by atoms with Gasteiger partial charge in [0.25, 0.3) is 0 Å². The van der Waals surface area contributed by atoms with Gasteiger partial charge in [-0.2, -0.15) is 10.5 Å². The largest absolute Gasteiger partial charge is 0.297 e. The van der Waals surface area contributed by atoms with Crippen molar-refractivity contribution >= 4 is 33.2 Å². The van der Waals surface area contributed by atoms with Gasteiger partial charge in [-0.05, 0) is 11.4 Å². The maximum atomic E-state index is 9.15. The van der Waals surface area contributed by atoms with Crippen molar-refractivity contribution in [2.45, 2.75) is 5.92 Å². The van der Waals surface area contributed by atoms with E-state index < -0.39 is 11.8 Å². The molecule has 1 aromatic heterocycles. The summed E-state index contributed by atoms with van der Waals surface area (Å²) < 4.78 is 0. The van der Waals surface area contributed by atoms with Crippen LogP contribution in [0.25, 0.3) is 0 Å². The second kappa shape index (κ2) is 4.70. The van der Waals surface area contributed by atoms with Gasteiger partial charge >= 0.3 is 0 Å². The number of hydrogen-bond acceptors (Lipinski definition) is 6. The van der Waals surface area contributed by atoms with E-state index in [9.17, 15) is 0 Å².